The molecule has 0 radical (unpaired) electrons. The van der Waals surface area contributed by atoms with Gasteiger partial charge in [-0.3, -0.25) is 4.79 Å². The summed E-state index contributed by atoms with van der Waals surface area (Å²) in [4.78, 5) is 12.8. The maximum atomic E-state index is 12.8. The van der Waals surface area contributed by atoms with Gasteiger partial charge in [-0.25, -0.2) is 4.68 Å². The van der Waals surface area contributed by atoms with Crippen molar-refractivity contribution in [3.05, 3.63) is 51.9 Å². The fourth-order valence-electron chi connectivity index (χ4n) is 3.14. The lowest BCUT2D eigenvalue weighted by molar-refractivity contribution is 0.0943. The Labute approximate surface area is 167 Å². The van der Waals surface area contributed by atoms with Gasteiger partial charge in [0.15, 0.2) is 0 Å². The second-order valence-corrected chi connectivity index (χ2v) is 9.28. The van der Waals surface area contributed by atoms with Crippen molar-refractivity contribution in [1.29, 1.82) is 5.26 Å². The van der Waals surface area contributed by atoms with Crippen LogP contribution in [0, 0.1) is 25.2 Å². The lowest BCUT2D eigenvalue weighted by Gasteiger charge is -2.28. The van der Waals surface area contributed by atoms with Gasteiger partial charge in [0, 0.05) is 16.8 Å². The molecule has 0 saturated carbocycles. The lowest BCUT2D eigenvalue weighted by atomic mass is 9.78. The highest BCUT2D eigenvalue weighted by Gasteiger charge is 2.26. The van der Waals surface area contributed by atoms with Gasteiger partial charge in [-0.05, 0) is 54.5 Å². The SMILES string of the molecule is Cc1cc(C)n(C(=O)/C(C#N)=C/c2cc(C(C)(C)C)c(O)c(C(C)(C)C)c2)n1. The Morgan fingerprint density at radius 1 is 1.07 bits per heavy atom. The molecular weight excluding hydrogens is 350 g/mol. The van der Waals surface area contributed by atoms with E-state index in [2.05, 4.69) is 5.10 Å². The summed E-state index contributed by atoms with van der Waals surface area (Å²) in [5.41, 5.74) is 3.08. The van der Waals surface area contributed by atoms with Crippen molar-refractivity contribution in [2.75, 3.05) is 0 Å². The number of phenols is 1. The minimum atomic E-state index is -0.462. The van der Waals surface area contributed by atoms with Gasteiger partial charge in [0.25, 0.3) is 5.91 Å². The van der Waals surface area contributed by atoms with Crippen molar-refractivity contribution < 1.29 is 9.90 Å². The van der Waals surface area contributed by atoms with Crippen LogP contribution in [-0.2, 0) is 10.8 Å². The van der Waals surface area contributed by atoms with Crippen LogP contribution in [-0.4, -0.2) is 20.8 Å². The summed E-state index contributed by atoms with van der Waals surface area (Å²) in [6, 6.07) is 7.49. The first-order chi connectivity index (χ1) is 12.8. The number of hydrogen-bond acceptors (Lipinski definition) is 4. The number of aromatic hydroxyl groups is 1. The monoisotopic (exact) mass is 379 g/mol. The van der Waals surface area contributed by atoms with Crippen molar-refractivity contribution in [3.63, 3.8) is 0 Å². The highest BCUT2D eigenvalue weighted by Crippen LogP contribution is 2.40. The number of carbonyl (C=O) groups excluding carboxylic acids is 1. The maximum Gasteiger partial charge on any atom is 0.289 e. The van der Waals surface area contributed by atoms with Gasteiger partial charge >= 0.3 is 0 Å². The topological polar surface area (TPSA) is 78.9 Å². The van der Waals surface area contributed by atoms with E-state index >= 15 is 0 Å². The summed E-state index contributed by atoms with van der Waals surface area (Å²) in [5, 5.41) is 24.6. The van der Waals surface area contributed by atoms with Gasteiger partial charge in [0.05, 0.1) is 5.69 Å². The third-order valence-corrected chi connectivity index (χ3v) is 4.61. The molecular formula is C23H29N3O2. The van der Waals surface area contributed by atoms with E-state index in [0.717, 1.165) is 16.8 Å². The van der Waals surface area contributed by atoms with Crippen LogP contribution in [0.4, 0.5) is 0 Å². The molecule has 5 heteroatoms. The molecule has 0 atom stereocenters. The number of phenolic OH excluding ortho intramolecular Hbond substituents is 1. The van der Waals surface area contributed by atoms with E-state index < -0.39 is 5.91 Å². The van der Waals surface area contributed by atoms with Gasteiger partial charge in [-0.2, -0.15) is 10.4 Å². The van der Waals surface area contributed by atoms with Crippen molar-refractivity contribution >= 4 is 12.0 Å². The minimum absolute atomic E-state index is 0.00314. The standard InChI is InChI=1S/C23H29N3O2/c1-14-9-15(2)26(25-14)21(28)17(13-24)10-16-11-18(22(3,4)5)20(27)19(12-16)23(6,7)8/h9-12,27H,1-8H3/b17-10+. The molecule has 28 heavy (non-hydrogen) atoms. The van der Waals surface area contributed by atoms with E-state index in [1.807, 2.05) is 59.7 Å². The van der Waals surface area contributed by atoms with Crippen molar-refractivity contribution in [2.24, 2.45) is 0 Å². The van der Waals surface area contributed by atoms with E-state index in [-0.39, 0.29) is 22.2 Å². The first kappa shape index (κ1) is 21.4. The number of rotatable bonds is 2. The fraction of sp³-hybridized carbons (Fsp3) is 0.435. The first-order valence-electron chi connectivity index (χ1n) is 9.33. The molecule has 2 aromatic rings. The number of allylic oxidation sites excluding steroid dienone is 1. The highest BCUT2D eigenvalue weighted by molar-refractivity contribution is 6.03. The summed E-state index contributed by atoms with van der Waals surface area (Å²) in [7, 11) is 0. The Morgan fingerprint density at radius 2 is 1.57 bits per heavy atom. The van der Waals surface area contributed by atoms with Crippen LogP contribution < -0.4 is 0 Å². The van der Waals surface area contributed by atoms with Crippen molar-refractivity contribution in [1.82, 2.24) is 9.78 Å². The Balaban J connectivity index is 2.67. The van der Waals surface area contributed by atoms with E-state index in [0.29, 0.717) is 11.3 Å². The number of carbonyl (C=O) groups is 1. The predicted octanol–water partition coefficient (Wildman–Crippen LogP) is 5.05. The molecule has 0 unspecified atom stereocenters. The average Bonchev–Trinajstić information content (AvgIpc) is 2.89. The van der Waals surface area contributed by atoms with E-state index in [1.54, 1.807) is 26.0 Å². The Hall–Kier alpha value is -2.87. The predicted molar refractivity (Wildman–Crippen MR) is 111 cm³/mol. The number of nitriles is 1. The molecule has 1 heterocycles. The van der Waals surface area contributed by atoms with E-state index in [1.165, 1.54) is 4.68 Å². The summed E-state index contributed by atoms with van der Waals surface area (Å²) < 4.78 is 1.25. The van der Waals surface area contributed by atoms with Crippen LogP contribution in [0.3, 0.4) is 0 Å². The fourth-order valence-corrected chi connectivity index (χ4v) is 3.14. The Bertz CT molecular complexity index is 955. The quantitative estimate of drug-likeness (QED) is 0.585. The zero-order valence-electron chi connectivity index (χ0n) is 18.0. The largest absolute Gasteiger partial charge is 0.507 e. The molecule has 1 aromatic carbocycles. The lowest BCUT2D eigenvalue weighted by Crippen LogP contribution is -2.18. The first-order valence-corrected chi connectivity index (χ1v) is 9.33. The maximum absolute atomic E-state index is 12.8. The summed E-state index contributed by atoms with van der Waals surface area (Å²) in [6.07, 6.45) is 1.57. The van der Waals surface area contributed by atoms with Gasteiger partial charge < -0.3 is 5.11 Å². The molecule has 1 N–H and O–H groups in total. The van der Waals surface area contributed by atoms with Gasteiger partial charge in [0.2, 0.25) is 0 Å². The van der Waals surface area contributed by atoms with E-state index in [4.69, 9.17) is 0 Å². The average molecular weight is 380 g/mol. The van der Waals surface area contributed by atoms with Crippen LogP contribution >= 0.6 is 0 Å². The molecule has 0 aliphatic heterocycles. The molecule has 0 spiro atoms. The molecule has 0 fully saturated rings. The Kier molecular flexibility index (Phi) is 5.57. The number of hydrogen-bond donors (Lipinski definition) is 1. The summed E-state index contributed by atoms with van der Waals surface area (Å²) >= 11 is 0. The second kappa shape index (κ2) is 7.27. The van der Waals surface area contributed by atoms with Gasteiger partial charge in [-0.15, -0.1) is 0 Å². The zero-order valence-corrected chi connectivity index (χ0v) is 18.0. The smallest absolute Gasteiger partial charge is 0.289 e. The van der Waals surface area contributed by atoms with E-state index in [9.17, 15) is 15.2 Å². The van der Waals surface area contributed by atoms with Crippen LogP contribution in [0.5, 0.6) is 5.75 Å². The zero-order chi connectivity index (χ0) is 21.4. The minimum Gasteiger partial charge on any atom is -0.507 e. The molecule has 0 saturated heterocycles. The van der Waals surface area contributed by atoms with Crippen molar-refractivity contribution in [2.45, 2.75) is 66.2 Å². The van der Waals surface area contributed by atoms with Crippen LogP contribution in [0.25, 0.3) is 6.08 Å². The van der Waals surface area contributed by atoms with Crippen molar-refractivity contribution in [3.8, 4) is 11.8 Å². The third-order valence-electron chi connectivity index (χ3n) is 4.61. The highest BCUT2D eigenvalue weighted by atomic mass is 16.3. The summed E-state index contributed by atoms with van der Waals surface area (Å²) in [5.74, 6) is -0.198. The van der Waals surface area contributed by atoms with Gasteiger partial charge in [-0.1, -0.05) is 41.5 Å². The number of benzene rings is 1. The third kappa shape index (κ3) is 4.33. The molecule has 0 aliphatic carbocycles. The number of nitrogens with zero attached hydrogens (tertiary/aromatic N) is 3. The summed E-state index contributed by atoms with van der Waals surface area (Å²) in [6.45, 7) is 15.7. The molecule has 2 rings (SSSR count). The molecule has 0 bridgehead atoms. The van der Waals surface area contributed by atoms with Crippen LogP contribution in [0.15, 0.2) is 23.8 Å². The number of aromatic nitrogens is 2. The second-order valence-electron chi connectivity index (χ2n) is 9.28. The normalized spacial score (nSPS) is 12.8. The molecule has 5 nitrogen and oxygen atoms in total. The van der Waals surface area contributed by atoms with Crippen LogP contribution in [0.1, 0.15) is 74.4 Å². The molecule has 1 aromatic heterocycles. The van der Waals surface area contributed by atoms with Gasteiger partial charge in [0.1, 0.15) is 17.4 Å². The number of aryl methyl sites for hydroxylation is 2. The Morgan fingerprint density at radius 3 is 1.93 bits per heavy atom. The van der Waals surface area contributed by atoms with Crippen LogP contribution in [0.2, 0.25) is 0 Å². The molecule has 0 amide bonds. The molecule has 0 aliphatic rings. The molecule has 148 valence electrons.